The number of piperazine rings is 1. The predicted molar refractivity (Wildman–Crippen MR) is 105 cm³/mol. The van der Waals surface area contributed by atoms with Crippen LogP contribution in [0, 0.1) is 26.6 Å². The molecule has 27 heavy (non-hydrogen) atoms. The number of methoxy groups -OCH3 is 1. The molecule has 0 N–H and O–H groups in total. The Hall–Kier alpha value is -2.12. The Morgan fingerprint density at radius 3 is 2.11 bits per heavy atom. The molecular weight excluding hydrogens is 367 g/mol. The highest BCUT2D eigenvalue weighted by molar-refractivity contribution is 7.89. The molecule has 2 aromatic rings. The van der Waals surface area contributed by atoms with Crippen molar-refractivity contribution in [1.29, 1.82) is 0 Å². The molecule has 0 aliphatic carbocycles. The van der Waals surface area contributed by atoms with Crippen LogP contribution in [0.25, 0.3) is 0 Å². The Labute approximate surface area is 160 Å². The lowest BCUT2D eigenvalue weighted by Gasteiger charge is -2.35. The van der Waals surface area contributed by atoms with E-state index in [1.165, 1.54) is 16.4 Å². The van der Waals surface area contributed by atoms with Crippen LogP contribution in [-0.4, -0.2) is 46.0 Å². The summed E-state index contributed by atoms with van der Waals surface area (Å²) in [5, 5.41) is 0. The Morgan fingerprint density at radius 2 is 1.56 bits per heavy atom. The molecule has 146 valence electrons. The van der Waals surface area contributed by atoms with Gasteiger partial charge in [-0.25, -0.2) is 12.8 Å². The van der Waals surface area contributed by atoms with Gasteiger partial charge in [-0.05, 0) is 67.8 Å². The van der Waals surface area contributed by atoms with Gasteiger partial charge in [-0.3, -0.25) is 0 Å². The zero-order valence-corrected chi connectivity index (χ0v) is 16.9. The van der Waals surface area contributed by atoms with Gasteiger partial charge in [0.1, 0.15) is 11.6 Å². The summed E-state index contributed by atoms with van der Waals surface area (Å²) < 4.78 is 46.5. The number of hydrogen-bond donors (Lipinski definition) is 0. The molecule has 1 saturated heterocycles. The van der Waals surface area contributed by atoms with Crippen molar-refractivity contribution in [3.63, 3.8) is 0 Å². The number of nitrogens with zero attached hydrogens (tertiary/aromatic N) is 2. The first-order valence-electron chi connectivity index (χ1n) is 8.91. The zero-order chi connectivity index (χ0) is 19.8. The highest BCUT2D eigenvalue weighted by Gasteiger charge is 2.31. The molecular formula is C20H25FN2O3S. The maximum Gasteiger partial charge on any atom is 0.243 e. The van der Waals surface area contributed by atoms with E-state index in [4.69, 9.17) is 4.74 Å². The summed E-state index contributed by atoms with van der Waals surface area (Å²) in [6, 6.07) is 7.98. The van der Waals surface area contributed by atoms with Crippen molar-refractivity contribution < 1.29 is 17.5 Å². The molecule has 0 atom stereocenters. The first-order chi connectivity index (χ1) is 12.8. The molecule has 3 rings (SSSR count). The van der Waals surface area contributed by atoms with E-state index < -0.39 is 10.0 Å². The van der Waals surface area contributed by atoms with E-state index in [1.54, 1.807) is 25.3 Å². The van der Waals surface area contributed by atoms with E-state index in [0.717, 1.165) is 28.1 Å². The van der Waals surface area contributed by atoms with Gasteiger partial charge in [0.05, 0.1) is 12.0 Å². The Kier molecular flexibility index (Phi) is 5.44. The minimum absolute atomic E-state index is 0.277. The predicted octanol–water partition coefficient (Wildman–Crippen LogP) is 3.27. The molecule has 2 aromatic carbocycles. The molecule has 0 aromatic heterocycles. The molecule has 1 heterocycles. The summed E-state index contributed by atoms with van der Waals surface area (Å²) in [4.78, 5) is 2.41. The van der Waals surface area contributed by atoms with Crippen molar-refractivity contribution in [2.75, 3.05) is 38.2 Å². The molecule has 1 aliphatic rings. The number of benzene rings is 2. The second kappa shape index (κ2) is 7.48. The van der Waals surface area contributed by atoms with Crippen molar-refractivity contribution in [2.45, 2.75) is 25.7 Å². The van der Waals surface area contributed by atoms with E-state index in [2.05, 4.69) is 4.90 Å². The van der Waals surface area contributed by atoms with Crippen LogP contribution in [0.5, 0.6) is 5.75 Å². The Balaban J connectivity index is 1.82. The topological polar surface area (TPSA) is 49.9 Å². The summed E-state index contributed by atoms with van der Waals surface area (Å²) in [5.41, 5.74) is 3.28. The second-order valence-corrected chi connectivity index (χ2v) is 8.75. The van der Waals surface area contributed by atoms with Gasteiger partial charge in [0.25, 0.3) is 0 Å². The minimum Gasteiger partial charge on any atom is -0.496 e. The minimum atomic E-state index is -3.58. The monoisotopic (exact) mass is 392 g/mol. The van der Waals surface area contributed by atoms with E-state index in [-0.39, 0.29) is 5.82 Å². The van der Waals surface area contributed by atoms with E-state index in [0.29, 0.717) is 31.1 Å². The average Bonchev–Trinajstić information content (AvgIpc) is 2.66. The number of anilines is 1. The number of hydrogen-bond acceptors (Lipinski definition) is 4. The van der Waals surface area contributed by atoms with E-state index in [1.807, 2.05) is 20.8 Å². The third-order valence-electron chi connectivity index (χ3n) is 5.23. The molecule has 0 unspecified atom stereocenters. The second-order valence-electron chi connectivity index (χ2n) is 6.84. The number of aryl methyl sites for hydroxylation is 1. The molecule has 5 nitrogen and oxygen atoms in total. The molecule has 0 spiro atoms. The molecule has 0 bridgehead atoms. The normalized spacial score (nSPS) is 15.8. The van der Waals surface area contributed by atoms with E-state index in [9.17, 15) is 12.8 Å². The molecule has 1 fully saturated rings. The lowest BCUT2D eigenvalue weighted by molar-refractivity contribution is 0.384. The van der Waals surface area contributed by atoms with Crippen LogP contribution in [0.4, 0.5) is 10.1 Å². The first kappa shape index (κ1) is 19.6. The lowest BCUT2D eigenvalue weighted by atomic mass is 10.1. The van der Waals surface area contributed by atoms with Crippen molar-refractivity contribution >= 4 is 15.7 Å². The Bertz CT molecular complexity index is 935. The van der Waals surface area contributed by atoms with Crippen LogP contribution in [0.1, 0.15) is 16.7 Å². The fourth-order valence-electron chi connectivity index (χ4n) is 3.58. The third-order valence-corrected chi connectivity index (χ3v) is 7.26. The number of sulfonamides is 1. The third kappa shape index (κ3) is 3.66. The van der Waals surface area contributed by atoms with Gasteiger partial charge < -0.3 is 9.64 Å². The van der Waals surface area contributed by atoms with Gasteiger partial charge in [0.2, 0.25) is 10.0 Å². The highest BCUT2D eigenvalue weighted by atomic mass is 32.2. The van der Waals surface area contributed by atoms with Gasteiger partial charge in [-0.2, -0.15) is 4.31 Å². The van der Waals surface area contributed by atoms with Gasteiger partial charge in [-0.15, -0.1) is 0 Å². The molecule has 1 aliphatic heterocycles. The highest BCUT2D eigenvalue weighted by Crippen LogP contribution is 2.32. The van der Waals surface area contributed by atoms with Crippen LogP contribution >= 0.6 is 0 Å². The average molecular weight is 392 g/mol. The largest absolute Gasteiger partial charge is 0.496 e. The molecule has 0 radical (unpaired) electrons. The number of halogens is 1. The number of rotatable bonds is 4. The fraction of sp³-hybridized carbons (Fsp3) is 0.400. The van der Waals surface area contributed by atoms with Crippen LogP contribution in [0.3, 0.4) is 0 Å². The van der Waals surface area contributed by atoms with Crippen molar-refractivity contribution in [2.24, 2.45) is 0 Å². The maximum absolute atomic E-state index is 13.2. The quantitative estimate of drug-likeness (QED) is 0.801. The summed E-state index contributed by atoms with van der Waals surface area (Å²) in [6.45, 7) is 7.48. The Morgan fingerprint density at radius 1 is 0.963 bits per heavy atom. The fourth-order valence-corrected chi connectivity index (χ4v) is 5.37. The van der Waals surface area contributed by atoms with Crippen LogP contribution in [0.15, 0.2) is 35.2 Å². The van der Waals surface area contributed by atoms with Crippen molar-refractivity contribution in [3.8, 4) is 5.75 Å². The van der Waals surface area contributed by atoms with Gasteiger partial charge in [-0.1, -0.05) is 0 Å². The first-order valence-corrected chi connectivity index (χ1v) is 10.3. The van der Waals surface area contributed by atoms with E-state index >= 15 is 0 Å². The molecule has 0 amide bonds. The summed E-state index contributed by atoms with van der Waals surface area (Å²) in [7, 11) is -1.99. The molecule has 0 saturated carbocycles. The maximum atomic E-state index is 13.2. The van der Waals surface area contributed by atoms with Gasteiger partial charge in [0.15, 0.2) is 0 Å². The zero-order valence-electron chi connectivity index (χ0n) is 16.1. The van der Waals surface area contributed by atoms with Crippen LogP contribution < -0.4 is 9.64 Å². The van der Waals surface area contributed by atoms with Gasteiger partial charge >= 0.3 is 0 Å². The number of ether oxygens (including phenoxy) is 1. The van der Waals surface area contributed by atoms with Crippen molar-refractivity contribution in [3.05, 3.63) is 52.8 Å². The van der Waals surface area contributed by atoms with Crippen molar-refractivity contribution in [1.82, 2.24) is 4.31 Å². The summed E-state index contributed by atoms with van der Waals surface area (Å²) >= 11 is 0. The summed E-state index contributed by atoms with van der Waals surface area (Å²) in [5.74, 6) is 0.452. The smallest absolute Gasteiger partial charge is 0.243 e. The SMILES string of the molecule is COc1c(C)cc(S(=O)(=O)N2CCN(c3ccc(F)cc3)CC2)c(C)c1C. The van der Waals surface area contributed by atoms with Crippen LogP contribution in [-0.2, 0) is 10.0 Å². The summed E-state index contributed by atoms with van der Waals surface area (Å²) in [6.07, 6.45) is 0. The lowest BCUT2D eigenvalue weighted by Crippen LogP contribution is -2.48. The van der Waals surface area contributed by atoms with Gasteiger partial charge in [0, 0.05) is 31.9 Å². The van der Waals surface area contributed by atoms with Crippen LogP contribution in [0.2, 0.25) is 0 Å². The standard InChI is InChI=1S/C20H25FN2O3S/c1-14-13-19(15(2)16(3)20(14)26-4)27(24,25)23-11-9-22(10-12-23)18-7-5-17(21)6-8-18/h5-8,13H,9-12H2,1-4H3. The molecule has 7 heteroatoms.